The van der Waals surface area contributed by atoms with Gasteiger partial charge in [0.1, 0.15) is 6.61 Å². The van der Waals surface area contributed by atoms with Crippen molar-refractivity contribution in [2.75, 3.05) is 6.61 Å². The molecule has 68 valence electrons. The minimum Gasteiger partial charge on any atom is -0.365 e. The second-order valence-electron chi connectivity index (χ2n) is 3.08. The van der Waals surface area contributed by atoms with Crippen LogP contribution in [0.1, 0.15) is 33.1 Å². The van der Waals surface area contributed by atoms with Gasteiger partial charge < -0.3 is 4.74 Å². The van der Waals surface area contributed by atoms with Crippen molar-refractivity contribution in [2.45, 2.75) is 39.2 Å². The third kappa shape index (κ3) is 1.95. The van der Waals surface area contributed by atoms with E-state index in [9.17, 15) is 4.79 Å². The topological polar surface area (TPSA) is 26.3 Å². The molecule has 0 radical (unpaired) electrons. The number of hydrogen-bond acceptors (Lipinski definition) is 2. The summed E-state index contributed by atoms with van der Waals surface area (Å²) in [5.74, 6) is 0.176. The van der Waals surface area contributed by atoms with E-state index in [4.69, 9.17) is 4.74 Å². The lowest BCUT2D eigenvalue weighted by atomic mass is 10.0. The van der Waals surface area contributed by atoms with Crippen molar-refractivity contribution < 1.29 is 9.53 Å². The largest absolute Gasteiger partial charge is 0.365 e. The van der Waals surface area contributed by atoms with E-state index in [0.29, 0.717) is 0 Å². The second-order valence-corrected chi connectivity index (χ2v) is 3.08. The predicted octanol–water partition coefficient (Wildman–Crippen LogP) is 2.09. The standard InChI is InChI=1S/C10H16O2/c1-3-5-8-9(11)7-12-10(8)6-4-2/h5,10H,3-4,6-7H2,1-2H3/b8-5-. The molecule has 0 saturated carbocycles. The maximum Gasteiger partial charge on any atom is 0.186 e. The van der Waals surface area contributed by atoms with Crippen LogP contribution in [0.4, 0.5) is 0 Å². The number of allylic oxidation sites excluding steroid dienone is 1. The number of ketones is 1. The molecule has 1 aliphatic rings. The first-order valence-corrected chi connectivity index (χ1v) is 4.64. The molecular formula is C10H16O2. The SMILES string of the molecule is CC/C=C1/C(=O)COC1CCC. The summed E-state index contributed by atoms with van der Waals surface area (Å²) in [6.45, 7) is 4.44. The zero-order valence-corrected chi connectivity index (χ0v) is 7.80. The van der Waals surface area contributed by atoms with Crippen molar-refractivity contribution >= 4 is 5.78 Å². The highest BCUT2D eigenvalue weighted by atomic mass is 16.5. The van der Waals surface area contributed by atoms with E-state index in [2.05, 4.69) is 6.92 Å². The number of hydrogen-bond donors (Lipinski definition) is 0. The van der Waals surface area contributed by atoms with E-state index in [1.165, 1.54) is 0 Å². The number of ether oxygens (including phenoxy) is 1. The fraction of sp³-hybridized carbons (Fsp3) is 0.700. The van der Waals surface area contributed by atoms with Crippen molar-refractivity contribution in [2.24, 2.45) is 0 Å². The first-order chi connectivity index (χ1) is 5.79. The average Bonchev–Trinajstić information content (AvgIpc) is 2.37. The molecule has 1 heterocycles. The monoisotopic (exact) mass is 168 g/mol. The fourth-order valence-corrected chi connectivity index (χ4v) is 1.50. The second kappa shape index (κ2) is 4.41. The van der Waals surface area contributed by atoms with Crippen LogP contribution in [0.25, 0.3) is 0 Å². The molecule has 0 bridgehead atoms. The van der Waals surface area contributed by atoms with Crippen molar-refractivity contribution in [3.8, 4) is 0 Å². The van der Waals surface area contributed by atoms with Crippen molar-refractivity contribution in [1.82, 2.24) is 0 Å². The van der Waals surface area contributed by atoms with Gasteiger partial charge in [0.05, 0.1) is 6.10 Å². The maximum absolute atomic E-state index is 11.3. The van der Waals surface area contributed by atoms with Gasteiger partial charge in [0.2, 0.25) is 0 Å². The van der Waals surface area contributed by atoms with Crippen LogP contribution in [0.15, 0.2) is 11.6 Å². The third-order valence-corrected chi connectivity index (χ3v) is 2.06. The van der Waals surface area contributed by atoms with Crippen LogP contribution < -0.4 is 0 Å². The summed E-state index contributed by atoms with van der Waals surface area (Å²) in [6, 6.07) is 0. The van der Waals surface area contributed by atoms with Gasteiger partial charge in [0.15, 0.2) is 5.78 Å². The van der Waals surface area contributed by atoms with E-state index in [1.54, 1.807) is 0 Å². The molecule has 2 nitrogen and oxygen atoms in total. The highest BCUT2D eigenvalue weighted by Crippen LogP contribution is 2.21. The van der Waals surface area contributed by atoms with E-state index in [-0.39, 0.29) is 18.5 Å². The molecule has 0 aromatic heterocycles. The molecule has 12 heavy (non-hydrogen) atoms. The Bertz CT molecular complexity index is 194. The van der Waals surface area contributed by atoms with E-state index >= 15 is 0 Å². The first-order valence-electron chi connectivity index (χ1n) is 4.64. The Morgan fingerprint density at radius 1 is 1.58 bits per heavy atom. The van der Waals surface area contributed by atoms with Crippen LogP contribution in [0, 0.1) is 0 Å². The lowest BCUT2D eigenvalue weighted by Gasteiger charge is -2.07. The minimum atomic E-state index is 0.0856. The van der Waals surface area contributed by atoms with Gasteiger partial charge in [-0.25, -0.2) is 0 Å². The normalized spacial score (nSPS) is 27.0. The highest BCUT2D eigenvalue weighted by Gasteiger charge is 2.27. The Kier molecular flexibility index (Phi) is 3.48. The summed E-state index contributed by atoms with van der Waals surface area (Å²) in [7, 11) is 0. The molecule has 1 saturated heterocycles. The Morgan fingerprint density at radius 3 is 2.92 bits per heavy atom. The van der Waals surface area contributed by atoms with Gasteiger partial charge >= 0.3 is 0 Å². The van der Waals surface area contributed by atoms with Crippen LogP contribution in [-0.2, 0) is 9.53 Å². The summed E-state index contributed by atoms with van der Waals surface area (Å²) in [5.41, 5.74) is 0.902. The van der Waals surface area contributed by atoms with Gasteiger partial charge in [-0.1, -0.05) is 26.3 Å². The van der Waals surface area contributed by atoms with E-state index in [1.807, 2.05) is 13.0 Å². The van der Waals surface area contributed by atoms with Crippen molar-refractivity contribution in [3.63, 3.8) is 0 Å². The molecule has 1 fully saturated rings. The Labute approximate surface area is 73.6 Å². The molecule has 0 aromatic carbocycles. The molecule has 0 aromatic rings. The summed E-state index contributed by atoms with van der Waals surface area (Å²) in [5, 5.41) is 0. The minimum absolute atomic E-state index is 0.0856. The maximum atomic E-state index is 11.3. The molecule has 1 unspecified atom stereocenters. The molecule has 1 atom stereocenters. The number of carbonyl (C=O) groups excluding carboxylic acids is 1. The van der Waals surface area contributed by atoms with Crippen LogP contribution in [-0.4, -0.2) is 18.5 Å². The number of Topliss-reactive ketones (excluding diaryl/α,β-unsaturated/α-hetero) is 1. The smallest absolute Gasteiger partial charge is 0.186 e. The number of rotatable bonds is 3. The van der Waals surface area contributed by atoms with Crippen molar-refractivity contribution in [3.05, 3.63) is 11.6 Å². The molecule has 2 heteroatoms. The zero-order valence-electron chi connectivity index (χ0n) is 7.80. The lowest BCUT2D eigenvalue weighted by molar-refractivity contribution is -0.115. The average molecular weight is 168 g/mol. The van der Waals surface area contributed by atoms with Crippen LogP contribution in [0.2, 0.25) is 0 Å². The van der Waals surface area contributed by atoms with E-state index < -0.39 is 0 Å². The molecule has 1 aliphatic heterocycles. The summed E-state index contributed by atoms with van der Waals surface area (Å²) in [4.78, 5) is 11.3. The molecule has 0 amide bonds. The molecule has 0 spiro atoms. The van der Waals surface area contributed by atoms with Gasteiger partial charge in [-0.3, -0.25) is 4.79 Å². The van der Waals surface area contributed by atoms with Crippen LogP contribution >= 0.6 is 0 Å². The van der Waals surface area contributed by atoms with Gasteiger partial charge in [-0.15, -0.1) is 0 Å². The molecule has 0 N–H and O–H groups in total. The molecule has 0 aliphatic carbocycles. The van der Waals surface area contributed by atoms with Crippen LogP contribution in [0.5, 0.6) is 0 Å². The third-order valence-electron chi connectivity index (χ3n) is 2.06. The van der Waals surface area contributed by atoms with Crippen LogP contribution in [0.3, 0.4) is 0 Å². The van der Waals surface area contributed by atoms with Gasteiger partial charge in [0.25, 0.3) is 0 Å². The van der Waals surface area contributed by atoms with Gasteiger partial charge in [-0.2, -0.15) is 0 Å². The summed E-state index contributed by atoms with van der Waals surface area (Å²) < 4.78 is 5.35. The Balaban J connectivity index is 2.64. The zero-order chi connectivity index (χ0) is 8.97. The highest BCUT2D eigenvalue weighted by molar-refractivity contribution is 5.99. The van der Waals surface area contributed by atoms with Gasteiger partial charge in [0, 0.05) is 5.57 Å². The Hall–Kier alpha value is -0.630. The Morgan fingerprint density at radius 2 is 2.33 bits per heavy atom. The number of carbonyl (C=O) groups is 1. The van der Waals surface area contributed by atoms with Crippen molar-refractivity contribution in [1.29, 1.82) is 0 Å². The van der Waals surface area contributed by atoms with E-state index in [0.717, 1.165) is 24.8 Å². The molecule has 1 rings (SSSR count). The predicted molar refractivity (Wildman–Crippen MR) is 48.0 cm³/mol. The quantitative estimate of drug-likeness (QED) is 0.603. The fourth-order valence-electron chi connectivity index (χ4n) is 1.50. The summed E-state index contributed by atoms with van der Waals surface area (Å²) in [6.07, 6.45) is 5.04. The first kappa shape index (κ1) is 9.46. The lowest BCUT2D eigenvalue weighted by Crippen LogP contribution is -2.08. The van der Waals surface area contributed by atoms with Gasteiger partial charge in [-0.05, 0) is 12.8 Å². The summed E-state index contributed by atoms with van der Waals surface area (Å²) >= 11 is 0. The molecular weight excluding hydrogens is 152 g/mol.